The van der Waals surface area contributed by atoms with Gasteiger partial charge in [-0.05, 0) is 36.6 Å². The summed E-state index contributed by atoms with van der Waals surface area (Å²) < 4.78 is 27.4. The number of amides is 1. The molecule has 2 atom stereocenters. The van der Waals surface area contributed by atoms with Crippen LogP contribution in [-0.4, -0.2) is 55.1 Å². The van der Waals surface area contributed by atoms with Crippen LogP contribution in [0.2, 0.25) is 5.02 Å². The summed E-state index contributed by atoms with van der Waals surface area (Å²) in [4.78, 5) is 18.2. The Kier molecular flexibility index (Phi) is 7.74. The molecule has 5 rings (SSSR count). The third kappa shape index (κ3) is 5.79. The highest BCUT2D eigenvalue weighted by molar-refractivity contribution is 6.33. The minimum Gasteiger partial charge on any atom is -0.367 e. The monoisotopic (exact) mass is 524 g/mol. The number of nitrogens with one attached hydrogen (secondary N) is 2. The molecule has 0 aromatic heterocycles. The van der Waals surface area contributed by atoms with Crippen molar-refractivity contribution in [1.82, 2.24) is 15.5 Å². The third-order valence-electron chi connectivity index (χ3n) is 7.40. The maximum atomic E-state index is 14.1. The Morgan fingerprint density at radius 1 is 1.00 bits per heavy atom. The average molecular weight is 525 g/mol. The molecule has 0 saturated carbocycles. The van der Waals surface area contributed by atoms with Crippen LogP contribution in [0.15, 0.2) is 72.8 Å². The molecule has 0 spiro atoms. The van der Waals surface area contributed by atoms with Crippen molar-refractivity contribution in [2.24, 2.45) is 0 Å². The first-order valence-corrected chi connectivity index (χ1v) is 13.1. The fourth-order valence-corrected chi connectivity index (χ4v) is 5.68. The fourth-order valence-electron chi connectivity index (χ4n) is 5.43. The van der Waals surface area contributed by atoms with Gasteiger partial charge in [0.25, 0.3) is 0 Å². The highest BCUT2D eigenvalue weighted by Gasteiger charge is 2.47. The molecule has 37 heavy (non-hydrogen) atoms. The van der Waals surface area contributed by atoms with Crippen molar-refractivity contribution in [3.8, 4) is 0 Å². The van der Waals surface area contributed by atoms with Gasteiger partial charge in [-0.2, -0.15) is 0 Å². The van der Waals surface area contributed by atoms with Gasteiger partial charge < -0.3 is 20.4 Å². The van der Waals surface area contributed by atoms with Gasteiger partial charge in [-0.1, -0.05) is 60.1 Å². The molecule has 2 saturated heterocycles. The smallest absolute Gasteiger partial charge is 0.243 e. The van der Waals surface area contributed by atoms with Crippen molar-refractivity contribution in [1.29, 1.82) is 0 Å². The van der Waals surface area contributed by atoms with E-state index in [-0.39, 0.29) is 18.5 Å². The lowest BCUT2D eigenvalue weighted by Crippen LogP contribution is -2.60. The fraction of sp³-hybridized carbons (Fsp3) is 0.345. The van der Waals surface area contributed by atoms with Crippen molar-refractivity contribution < 1.29 is 13.6 Å². The summed E-state index contributed by atoms with van der Waals surface area (Å²) in [5.74, 6) is -1.07. The molecule has 8 heteroatoms. The molecule has 2 heterocycles. The minimum atomic E-state index is -0.757. The molecule has 1 amide bonds. The lowest BCUT2D eigenvalue weighted by Gasteiger charge is -2.41. The zero-order valence-corrected chi connectivity index (χ0v) is 21.4. The number of nitrogens with zero attached hydrogens (tertiary/aromatic N) is 2. The van der Waals surface area contributed by atoms with Crippen molar-refractivity contribution in [3.05, 3.63) is 101 Å². The van der Waals surface area contributed by atoms with Crippen LogP contribution in [0.1, 0.15) is 17.5 Å². The summed E-state index contributed by atoms with van der Waals surface area (Å²) in [6, 6.07) is 21.4. The van der Waals surface area contributed by atoms with Crippen LogP contribution in [0.3, 0.4) is 0 Å². The normalized spacial score (nSPS) is 21.9. The molecular formula is C29H31ClF2N4O. The maximum Gasteiger partial charge on any atom is 0.243 e. The molecule has 0 aliphatic carbocycles. The molecule has 2 fully saturated rings. The molecule has 3 aromatic rings. The van der Waals surface area contributed by atoms with Crippen LogP contribution in [0.4, 0.5) is 14.5 Å². The predicted octanol–water partition coefficient (Wildman–Crippen LogP) is 4.40. The Labute approximate surface area is 221 Å². The van der Waals surface area contributed by atoms with E-state index in [9.17, 15) is 13.6 Å². The first kappa shape index (κ1) is 25.6. The zero-order chi connectivity index (χ0) is 25.8. The van der Waals surface area contributed by atoms with Crippen molar-refractivity contribution in [2.45, 2.75) is 31.0 Å². The first-order chi connectivity index (χ1) is 17.9. The summed E-state index contributed by atoms with van der Waals surface area (Å²) in [5, 5.41) is 7.62. The topological polar surface area (TPSA) is 47.6 Å². The number of piperazine rings is 1. The van der Waals surface area contributed by atoms with Crippen molar-refractivity contribution >= 4 is 23.2 Å². The number of halogens is 3. The van der Waals surface area contributed by atoms with Gasteiger partial charge in [-0.25, -0.2) is 8.78 Å². The Balaban J connectivity index is 1.28. The summed E-state index contributed by atoms with van der Waals surface area (Å²) in [6.45, 7) is 3.50. The van der Waals surface area contributed by atoms with Gasteiger partial charge in [0.2, 0.25) is 5.91 Å². The minimum absolute atomic E-state index is 0.0264. The highest BCUT2D eigenvalue weighted by atomic mass is 35.5. The third-order valence-corrected chi connectivity index (χ3v) is 7.72. The second-order valence-corrected chi connectivity index (χ2v) is 10.3. The molecule has 2 N–H and O–H groups in total. The van der Waals surface area contributed by atoms with Crippen molar-refractivity contribution in [3.63, 3.8) is 0 Å². The molecular weight excluding hydrogens is 494 g/mol. The lowest BCUT2D eigenvalue weighted by atomic mass is 9.86. The van der Waals surface area contributed by atoms with E-state index in [2.05, 4.69) is 15.5 Å². The maximum absolute atomic E-state index is 14.1. The van der Waals surface area contributed by atoms with E-state index in [1.54, 1.807) is 0 Å². The average Bonchev–Trinajstić information content (AvgIpc) is 3.32. The number of anilines is 1. The van der Waals surface area contributed by atoms with E-state index < -0.39 is 17.2 Å². The molecule has 194 valence electrons. The Hall–Kier alpha value is -3.00. The van der Waals surface area contributed by atoms with Gasteiger partial charge in [0.05, 0.1) is 10.7 Å². The van der Waals surface area contributed by atoms with E-state index in [1.807, 2.05) is 59.5 Å². The van der Waals surface area contributed by atoms with Crippen LogP contribution in [0, 0.1) is 11.6 Å². The number of carbonyl (C=O) groups excluding carboxylic acids is 1. The van der Waals surface area contributed by atoms with E-state index in [1.165, 1.54) is 12.1 Å². The molecule has 0 bridgehead atoms. The van der Waals surface area contributed by atoms with Crippen LogP contribution >= 0.6 is 11.6 Å². The standard InChI is InChI=1S/C29H31ClF2N4O/c30-25-8-4-5-9-27(25)35-12-14-36(15-13-35)28(37)29(17-21-6-2-1-3-7-21)18-24(20-34-29)33-19-22-10-11-23(31)16-26(22)32/h1-11,16,24,33-34H,12-15,17-20H2/t24-,29-/m0/s1. The molecule has 2 aliphatic heterocycles. The van der Waals surface area contributed by atoms with Crippen LogP contribution in [-0.2, 0) is 17.8 Å². The number of carbonyl (C=O) groups is 1. The SMILES string of the molecule is O=C(N1CCN(c2ccccc2Cl)CC1)[C@]1(Cc2ccccc2)C[C@H](NCc2ccc(F)cc2F)CN1. The Bertz CT molecular complexity index is 1240. The summed E-state index contributed by atoms with van der Waals surface area (Å²) in [6.07, 6.45) is 1.15. The van der Waals surface area contributed by atoms with Gasteiger partial charge in [0.15, 0.2) is 0 Å². The molecule has 5 nitrogen and oxygen atoms in total. The molecule has 3 aromatic carbocycles. The van der Waals surface area contributed by atoms with E-state index >= 15 is 0 Å². The summed E-state index contributed by atoms with van der Waals surface area (Å²) >= 11 is 6.40. The number of para-hydroxylation sites is 1. The van der Waals surface area contributed by atoms with Gasteiger partial charge in [-0.3, -0.25) is 4.79 Å². The van der Waals surface area contributed by atoms with Crippen LogP contribution in [0.25, 0.3) is 0 Å². The summed E-state index contributed by atoms with van der Waals surface area (Å²) in [5.41, 5.74) is 1.73. The second kappa shape index (κ2) is 11.2. The number of rotatable bonds is 7. The lowest BCUT2D eigenvalue weighted by molar-refractivity contribution is -0.138. The van der Waals surface area contributed by atoms with Gasteiger partial charge in [0.1, 0.15) is 17.2 Å². The first-order valence-electron chi connectivity index (χ1n) is 12.7. The second-order valence-electron chi connectivity index (χ2n) is 9.87. The number of hydrogen-bond donors (Lipinski definition) is 2. The highest BCUT2D eigenvalue weighted by Crippen LogP contribution is 2.30. The molecule has 0 radical (unpaired) electrons. The van der Waals surface area contributed by atoms with Gasteiger partial charge in [0, 0.05) is 56.9 Å². The molecule has 0 unspecified atom stereocenters. The number of hydrogen-bond acceptors (Lipinski definition) is 4. The van der Waals surface area contributed by atoms with E-state index in [0.29, 0.717) is 56.2 Å². The Morgan fingerprint density at radius 2 is 1.73 bits per heavy atom. The Morgan fingerprint density at radius 3 is 2.46 bits per heavy atom. The van der Waals surface area contributed by atoms with Gasteiger partial charge in [-0.15, -0.1) is 0 Å². The predicted molar refractivity (Wildman–Crippen MR) is 143 cm³/mol. The van der Waals surface area contributed by atoms with E-state index in [4.69, 9.17) is 11.6 Å². The van der Waals surface area contributed by atoms with Crippen molar-refractivity contribution in [2.75, 3.05) is 37.6 Å². The number of benzene rings is 3. The largest absolute Gasteiger partial charge is 0.367 e. The zero-order valence-electron chi connectivity index (χ0n) is 20.6. The van der Waals surface area contributed by atoms with Crippen LogP contribution in [0.5, 0.6) is 0 Å². The quantitative estimate of drug-likeness (QED) is 0.481. The van der Waals surface area contributed by atoms with Gasteiger partial charge >= 0.3 is 0 Å². The van der Waals surface area contributed by atoms with E-state index in [0.717, 1.165) is 17.3 Å². The summed E-state index contributed by atoms with van der Waals surface area (Å²) in [7, 11) is 0. The molecule has 2 aliphatic rings. The van der Waals surface area contributed by atoms with Crippen LogP contribution < -0.4 is 15.5 Å².